The van der Waals surface area contributed by atoms with Gasteiger partial charge < -0.3 is 10.1 Å². The number of allylic oxidation sites excluding steroid dienone is 2. The summed E-state index contributed by atoms with van der Waals surface area (Å²) in [4.78, 5) is 27.5. The average Bonchev–Trinajstić information content (AvgIpc) is 2.77. The van der Waals surface area contributed by atoms with E-state index in [9.17, 15) is 9.59 Å². The minimum absolute atomic E-state index is 0. The Morgan fingerprint density at radius 3 is 2.22 bits per heavy atom. The number of carbonyl (C=O) groups is 2. The zero-order valence-electron chi connectivity index (χ0n) is 17.5. The van der Waals surface area contributed by atoms with Crippen LogP contribution in [0.5, 0.6) is 0 Å². The van der Waals surface area contributed by atoms with Crippen LogP contribution in [-0.2, 0) is 24.9 Å². The van der Waals surface area contributed by atoms with Crippen molar-refractivity contribution in [1.29, 1.82) is 0 Å². The third kappa shape index (κ3) is 4.45. The Kier molecular flexibility index (Phi) is 7.14. The van der Waals surface area contributed by atoms with Crippen LogP contribution >= 0.6 is 0 Å². The predicted molar refractivity (Wildman–Crippen MR) is 122 cm³/mol. The second kappa shape index (κ2) is 9.82. The van der Waals surface area contributed by atoms with Gasteiger partial charge in [-0.1, -0.05) is 42.5 Å². The number of ketones is 2. The van der Waals surface area contributed by atoms with Crippen LogP contribution in [0.25, 0.3) is 33.2 Å². The first kappa shape index (κ1) is 23.3. The molecule has 0 bridgehead atoms. The molecular formula is C27H20IrNO3-. The molecule has 1 radical (unpaired) electrons. The van der Waals surface area contributed by atoms with Crippen LogP contribution in [-0.4, -0.2) is 21.7 Å². The zero-order valence-corrected chi connectivity index (χ0v) is 19.9. The van der Waals surface area contributed by atoms with Gasteiger partial charge in [-0.15, -0.1) is 35.9 Å². The number of carbonyl (C=O) groups excluding carboxylic acids is 2. The Hall–Kier alpha value is -3.40. The van der Waals surface area contributed by atoms with Crippen LogP contribution in [0.1, 0.15) is 29.8 Å². The molecule has 3 aromatic carbocycles. The summed E-state index contributed by atoms with van der Waals surface area (Å²) < 4.78 is 0. The van der Waals surface area contributed by atoms with Gasteiger partial charge in [-0.25, -0.2) is 0 Å². The summed E-state index contributed by atoms with van der Waals surface area (Å²) in [5.74, 6) is -0.0158. The first-order valence-electron chi connectivity index (χ1n) is 9.88. The van der Waals surface area contributed by atoms with Crippen LogP contribution in [0.2, 0.25) is 0 Å². The van der Waals surface area contributed by atoms with E-state index in [1.165, 1.54) is 19.9 Å². The molecule has 0 spiro atoms. The maximum atomic E-state index is 12.9. The third-order valence-electron chi connectivity index (χ3n) is 4.99. The van der Waals surface area contributed by atoms with Gasteiger partial charge in [-0.3, -0.25) is 9.59 Å². The van der Waals surface area contributed by atoms with Crippen LogP contribution in [0.3, 0.4) is 0 Å². The van der Waals surface area contributed by atoms with Gasteiger partial charge >= 0.3 is 0 Å². The molecule has 5 heteroatoms. The van der Waals surface area contributed by atoms with Crippen molar-refractivity contribution < 1.29 is 34.8 Å². The van der Waals surface area contributed by atoms with E-state index in [2.05, 4.69) is 17.1 Å². The molecular weight excluding hydrogens is 579 g/mol. The molecule has 161 valence electrons. The predicted octanol–water partition coefficient (Wildman–Crippen LogP) is 5.95. The van der Waals surface area contributed by atoms with E-state index in [0.717, 1.165) is 38.7 Å². The first-order valence-corrected chi connectivity index (χ1v) is 9.88. The van der Waals surface area contributed by atoms with E-state index in [0.29, 0.717) is 5.56 Å². The number of aliphatic hydroxyl groups is 1. The van der Waals surface area contributed by atoms with Crippen molar-refractivity contribution in [2.75, 3.05) is 0 Å². The van der Waals surface area contributed by atoms with Crippen molar-refractivity contribution in [1.82, 2.24) is 4.98 Å². The van der Waals surface area contributed by atoms with E-state index >= 15 is 0 Å². The van der Waals surface area contributed by atoms with Crippen molar-refractivity contribution in [3.8, 4) is 22.4 Å². The number of hydrogen-bond acceptors (Lipinski definition) is 4. The zero-order chi connectivity index (χ0) is 22.0. The van der Waals surface area contributed by atoms with E-state index in [4.69, 9.17) is 5.11 Å². The summed E-state index contributed by atoms with van der Waals surface area (Å²) >= 11 is 0. The Morgan fingerprint density at radius 1 is 0.906 bits per heavy atom. The maximum Gasteiger partial charge on any atom is 0.195 e. The number of fused-ring (bicyclic) bond motifs is 2. The number of hydrogen-bond donors (Lipinski definition) is 1. The van der Waals surface area contributed by atoms with Gasteiger partial charge in [0.1, 0.15) is 0 Å². The standard InChI is InChI=1S/C22H12NO.C5H8O2.Ir/c24-22-17-10-5-4-9-15(17)16-11-6-12-18-20(16)19(22)13-23-21(18)14-7-2-1-3-8-14;1-4(6)3-5(2)7;/h1-7,9-13H;3,6H,1-2H3;/q-1;;/b;4-3-;. The number of benzene rings is 3. The fourth-order valence-electron chi connectivity index (χ4n) is 3.81. The summed E-state index contributed by atoms with van der Waals surface area (Å²) in [6.07, 6.45) is 2.88. The van der Waals surface area contributed by atoms with Gasteiger partial charge in [-0.2, -0.15) is 0 Å². The fraction of sp³-hybridized carbons (Fsp3) is 0.0741. The van der Waals surface area contributed by atoms with E-state index < -0.39 is 0 Å². The monoisotopic (exact) mass is 599 g/mol. The van der Waals surface area contributed by atoms with Gasteiger partial charge in [0.15, 0.2) is 11.6 Å². The molecule has 0 fully saturated rings. The van der Waals surface area contributed by atoms with Crippen molar-refractivity contribution >= 4 is 22.3 Å². The molecule has 4 nitrogen and oxygen atoms in total. The van der Waals surface area contributed by atoms with E-state index in [-0.39, 0.29) is 37.4 Å². The topological polar surface area (TPSA) is 67.3 Å². The molecule has 5 rings (SSSR count). The second-order valence-corrected chi connectivity index (χ2v) is 7.30. The molecule has 0 amide bonds. The van der Waals surface area contributed by atoms with Gasteiger partial charge in [0.25, 0.3) is 0 Å². The van der Waals surface area contributed by atoms with Crippen molar-refractivity contribution in [3.05, 3.63) is 102 Å². The summed E-state index contributed by atoms with van der Waals surface area (Å²) in [5.41, 5.74) is 5.32. The van der Waals surface area contributed by atoms with Crippen LogP contribution in [0.4, 0.5) is 0 Å². The van der Waals surface area contributed by atoms with Crippen LogP contribution < -0.4 is 0 Å². The van der Waals surface area contributed by atoms with Crippen LogP contribution in [0, 0.1) is 6.07 Å². The van der Waals surface area contributed by atoms with Gasteiger partial charge in [-0.05, 0) is 41.4 Å². The summed E-state index contributed by atoms with van der Waals surface area (Å²) in [6, 6.07) is 25.0. The Balaban J connectivity index is 0.000000318. The van der Waals surface area contributed by atoms with E-state index in [1.807, 2.05) is 60.7 Å². The molecule has 0 unspecified atom stereocenters. The molecule has 0 saturated heterocycles. The molecule has 0 atom stereocenters. The van der Waals surface area contributed by atoms with Crippen molar-refractivity contribution in [3.63, 3.8) is 0 Å². The molecule has 1 N–H and O–H groups in total. The third-order valence-corrected chi connectivity index (χ3v) is 4.99. The summed E-state index contributed by atoms with van der Waals surface area (Å²) in [7, 11) is 0. The SMILES string of the molecule is CC(=O)/C=C(/C)O.O=C1c2ccccc2-c2cccc3c(-c4[c-]cccc4)ncc1c23.[Ir]. The second-order valence-electron chi connectivity index (χ2n) is 7.30. The minimum Gasteiger partial charge on any atom is -0.512 e. The maximum absolute atomic E-state index is 12.9. The molecule has 1 aliphatic rings. The smallest absolute Gasteiger partial charge is 0.195 e. The molecule has 0 saturated carbocycles. The number of nitrogens with zero attached hydrogens (tertiary/aromatic N) is 1. The molecule has 1 aromatic heterocycles. The van der Waals surface area contributed by atoms with E-state index in [1.54, 1.807) is 6.20 Å². The molecule has 0 aliphatic heterocycles. The minimum atomic E-state index is -0.125. The number of aromatic nitrogens is 1. The molecule has 4 aromatic rings. The number of rotatable bonds is 2. The fourth-order valence-corrected chi connectivity index (χ4v) is 3.81. The van der Waals surface area contributed by atoms with Crippen LogP contribution in [0.15, 0.2) is 84.8 Å². The van der Waals surface area contributed by atoms with Gasteiger partial charge in [0, 0.05) is 43.5 Å². The normalized spacial score (nSPS) is 11.7. The van der Waals surface area contributed by atoms with Crippen molar-refractivity contribution in [2.45, 2.75) is 13.8 Å². The molecule has 32 heavy (non-hydrogen) atoms. The van der Waals surface area contributed by atoms with Crippen molar-refractivity contribution in [2.24, 2.45) is 0 Å². The first-order chi connectivity index (χ1) is 15.0. The number of aliphatic hydroxyl groups excluding tert-OH is 1. The van der Waals surface area contributed by atoms with Gasteiger partial charge in [0.05, 0.1) is 5.76 Å². The number of pyridine rings is 1. The largest absolute Gasteiger partial charge is 0.512 e. The molecule has 1 aliphatic carbocycles. The summed E-state index contributed by atoms with van der Waals surface area (Å²) in [6.45, 7) is 2.85. The summed E-state index contributed by atoms with van der Waals surface area (Å²) in [5, 5.41) is 10.3. The average molecular weight is 599 g/mol. The Bertz CT molecular complexity index is 1340. The Morgan fingerprint density at radius 2 is 1.59 bits per heavy atom. The quantitative estimate of drug-likeness (QED) is 0.155. The van der Waals surface area contributed by atoms with Gasteiger partial charge in [0.2, 0.25) is 0 Å². The Labute approximate surface area is 200 Å². The molecule has 1 heterocycles.